The van der Waals surface area contributed by atoms with Crippen LogP contribution in [0.5, 0.6) is 0 Å². The maximum atomic E-state index is 3.51. The Bertz CT molecular complexity index is 55.2. The summed E-state index contributed by atoms with van der Waals surface area (Å²) in [5.41, 5.74) is 0. The number of rotatable bonds is 2. The first-order valence-corrected chi connectivity index (χ1v) is 2.19. The zero-order valence-electron chi connectivity index (χ0n) is 4.65. The number of hydrogen-bond donors (Lipinski definition) is 0. The molecular weight excluding hydrogens is 120 g/mol. The van der Waals surface area contributed by atoms with E-state index in [2.05, 4.69) is 19.6 Å². The molecule has 0 rings (SSSR count). The second kappa shape index (κ2) is 9.50. The van der Waals surface area contributed by atoms with Crippen molar-refractivity contribution in [3.8, 4) is 0 Å². The van der Waals surface area contributed by atoms with Gasteiger partial charge in [-0.3, -0.25) is 0 Å². The van der Waals surface area contributed by atoms with E-state index in [0.717, 1.165) is 6.42 Å². The standard InChI is InChI=1S/C6H10.Ti/c1-3-5-6-4-2;/h3,5-6H,1,4H2,2H3;. The first kappa shape index (κ1) is 10.2. The van der Waals surface area contributed by atoms with Crippen molar-refractivity contribution >= 4 is 0 Å². The largest absolute Gasteiger partial charge is 0.0991 e. The van der Waals surface area contributed by atoms with Crippen LogP contribution in [0.2, 0.25) is 0 Å². The second-order valence-corrected chi connectivity index (χ2v) is 1.07. The zero-order valence-corrected chi connectivity index (χ0v) is 6.21. The van der Waals surface area contributed by atoms with E-state index < -0.39 is 0 Å². The monoisotopic (exact) mass is 130 g/mol. The van der Waals surface area contributed by atoms with Crippen molar-refractivity contribution in [3.63, 3.8) is 0 Å². The molecule has 0 atom stereocenters. The molecule has 0 nitrogen and oxygen atoms in total. The molecule has 0 heterocycles. The third-order valence-corrected chi connectivity index (χ3v) is 0.508. The number of allylic oxidation sites excluding steroid dienone is 3. The fourth-order valence-electron chi connectivity index (χ4n) is 0.232. The Morgan fingerprint density at radius 1 is 1.57 bits per heavy atom. The average molecular weight is 130 g/mol. The molecule has 7 heavy (non-hydrogen) atoms. The molecule has 0 spiro atoms. The molecule has 38 valence electrons. The van der Waals surface area contributed by atoms with Crippen LogP contribution in [0, 0.1) is 0 Å². The van der Waals surface area contributed by atoms with Crippen LogP contribution in [-0.4, -0.2) is 0 Å². The van der Waals surface area contributed by atoms with E-state index in [0.29, 0.717) is 0 Å². The number of hydrogen-bond acceptors (Lipinski definition) is 0. The minimum atomic E-state index is 0. The summed E-state index contributed by atoms with van der Waals surface area (Å²) in [6.45, 7) is 5.61. The molecule has 0 aliphatic heterocycles. The molecule has 0 unspecified atom stereocenters. The van der Waals surface area contributed by atoms with Crippen LogP contribution in [0.25, 0.3) is 0 Å². The Labute approximate surface area is 60.2 Å². The first-order chi connectivity index (χ1) is 2.91. The van der Waals surface area contributed by atoms with Crippen LogP contribution >= 0.6 is 0 Å². The van der Waals surface area contributed by atoms with Crippen molar-refractivity contribution in [2.45, 2.75) is 13.3 Å². The van der Waals surface area contributed by atoms with Crippen LogP contribution in [0.15, 0.2) is 24.8 Å². The zero-order chi connectivity index (χ0) is 4.83. The molecule has 0 aromatic heterocycles. The van der Waals surface area contributed by atoms with Crippen LogP contribution < -0.4 is 0 Å². The van der Waals surface area contributed by atoms with E-state index in [1.54, 1.807) is 6.08 Å². The summed E-state index contributed by atoms with van der Waals surface area (Å²) >= 11 is 0. The Balaban J connectivity index is 0. The average Bonchev–Trinajstić information content (AvgIpc) is 1.61. The SMILES string of the molecule is C=CC=CCC.[Ti]. The molecule has 0 aromatic rings. The van der Waals surface area contributed by atoms with Crippen LogP contribution in [0.3, 0.4) is 0 Å². The van der Waals surface area contributed by atoms with Gasteiger partial charge in [0.1, 0.15) is 0 Å². The van der Waals surface area contributed by atoms with Gasteiger partial charge in [0, 0.05) is 21.7 Å². The predicted octanol–water partition coefficient (Wildman–Crippen LogP) is 2.14. The Kier molecular flexibility index (Phi) is 13.9. The summed E-state index contributed by atoms with van der Waals surface area (Å²) in [4.78, 5) is 0. The Hall–Kier alpha value is 0.194. The quantitative estimate of drug-likeness (QED) is 0.396. The van der Waals surface area contributed by atoms with Gasteiger partial charge in [-0.2, -0.15) is 0 Å². The maximum absolute atomic E-state index is 3.51. The van der Waals surface area contributed by atoms with Crippen molar-refractivity contribution in [2.75, 3.05) is 0 Å². The van der Waals surface area contributed by atoms with E-state index in [4.69, 9.17) is 0 Å². The van der Waals surface area contributed by atoms with Crippen molar-refractivity contribution < 1.29 is 21.7 Å². The molecule has 0 aromatic carbocycles. The Morgan fingerprint density at radius 3 is 2.29 bits per heavy atom. The molecule has 0 N–H and O–H groups in total. The molecule has 0 amide bonds. The third kappa shape index (κ3) is 10.7. The minimum Gasteiger partial charge on any atom is -0.0991 e. The summed E-state index contributed by atoms with van der Waals surface area (Å²) in [6, 6.07) is 0. The van der Waals surface area contributed by atoms with E-state index >= 15 is 0 Å². The van der Waals surface area contributed by atoms with E-state index in [-0.39, 0.29) is 21.7 Å². The minimum absolute atomic E-state index is 0. The molecule has 0 bridgehead atoms. The summed E-state index contributed by atoms with van der Waals surface area (Å²) in [6.07, 6.45) is 6.89. The predicted molar refractivity (Wildman–Crippen MR) is 29.6 cm³/mol. The molecule has 0 saturated heterocycles. The summed E-state index contributed by atoms with van der Waals surface area (Å²) in [5, 5.41) is 0. The molecule has 0 aliphatic rings. The van der Waals surface area contributed by atoms with Crippen molar-refractivity contribution in [3.05, 3.63) is 24.8 Å². The van der Waals surface area contributed by atoms with E-state index in [1.165, 1.54) is 0 Å². The fraction of sp³-hybridized carbons (Fsp3) is 0.333. The summed E-state index contributed by atoms with van der Waals surface area (Å²) in [5.74, 6) is 0. The topological polar surface area (TPSA) is 0 Å². The molecule has 0 radical (unpaired) electrons. The van der Waals surface area contributed by atoms with E-state index in [9.17, 15) is 0 Å². The van der Waals surface area contributed by atoms with Gasteiger partial charge in [-0.1, -0.05) is 31.7 Å². The van der Waals surface area contributed by atoms with Gasteiger partial charge in [0.15, 0.2) is 0 Å². The van der Waals surface area contributed by atoms with Gasteiger partial charge in [0.2, 0.25) is 0 Å². The van der Waals surface area contributed by atoms with Crippen LogP contribution in [0.1, 0.15) is 13.3 Å². The van der Waals surface area contributed by atoms with Gasteiger partial charge < -0.3 is 0 Å². The van der Waals surface area contributed by atoms with Crippen LogP contribution in [0.4, 0.5) is 0 Å². The molecule has 0 fully saturated rings. The van der Waals surface area contributed by atoms with Crippen molar-refractivity contribution in [1.29, 1.82) is 0 Å². The molecular formula is C6H10Ti. The van der Waals surface area contributed by atoms with Crippen LogP contribution in [-0.2, 0) is 21.7 Å². The summed E-state index contributed by atoms with van der Waals surface area (Å²) < 4.78 is 0. The molecule has 0 aliphatic carbocycles. The molecule has 1 heteroatoms. The van der Waals surface area contributed by atoms with Gasteiger partial charge in [-0.05, 0) is 6.42 Å². The van der Waals surface area contributed by atoms with E-state index in [1.807, 2.05) is 6.08 Å². The fourth-order valence-corrected chi connectivity index (χ4v) is 0.232. The van der Waals surface area contributed by atoms with Gasteiger partial charge in [0.25, 0.3) is 0 Å². The van der Waals surface area contributed by atoms with Gasteiger partial charge >= 0.3 is 0 Å². The Morgan fingerprint density at radius 2 is 2.14 bits per heavy atom. The second-order valence-electron chi connectivity index (χ2n) is 1.07. The normalized spacial score (nSPS) is 8.14. The smallest absolute Gasteiger partial charge is 0 e. The first-order valence-electron chi connectivity index (χ1n) is 2.19. The van der Waals surface area contributed by atoms with Gasteiger partial charge in [-0.15, -0.1) is 0 Å². The van der Waals surface area contributed by atoms with Gasteiger partial charge in [0.05, 0.1) is 0 Å². The summed E-state index contributed by atoms with van der Waals surface area (Å²) in [7, 11) is 0. The maximum Gasteiger partial charge on any atom is 0 e. The van der Waals surface area contributed by atoms with Gasteiger partial charge in [-0.25, -0.2) is 0 Å². The molecule has 0 saturated carbocycles. The van der Waals surface area contributed by atoms with Crippen molar-refractivity contribution in [1.82, 2.24) is 0 Å². The van der Waals surface area contributed by atoms with Crippen molar-refractivity contribution in [2.24, 2.45) is 0 Å². The third-order valence-electron chi connectivity index (χ3n) is 0.508.